The van der Waals surface area contributed by atoms with Crippen molar-refractivity contribution in [2.45, 2.75) is 13.0 Å². The Morgan fingerprint density at radius 2 is 2.09 bits per heavy atom. The Hall–Kier alpha value is -2.76. The Morgan fingerprint density at radius 1 is 1.18 bits per heavy atom. The van der Waals surface area contributed by atoms with Crippen LogP contribution in [0.3, 0.4) is 0 Å². The van der Waals surface area contributed by atoms with E-state index in [2.05, 4.69) is 15.3 Å². The summed E-state index contributed by atoms with van der Waals surface area (Å²) in [6.07, 6.45) is 2.57. The predicted molar refractivity (Wildman–Crippen MR) is 85.2 cm³/mol. The molecule has 0 radical (unpaired) electrons. The number of ether oxygens (including phenoxy) is 2. The first-order chi connectivity index (χ1) is 10.8. The van der Waals surface area contributed by atoms with Gasteiger partial charge in [-0.05, 0) is 18.2 Å². The molecule has 3 N–H and O–H groups in total. The fourth-order valence-corrected chi connectivity index (χ4v) is 2.16. The molecule has 1 aliphatic rings. The summed E-state index contributed by atoms with van der Waals surface area (Å²) in [4.78, 5) is 8.48. The van der Waals surface area contributed by atoms with Crippen molar-refractivity contribution in [1.82, 2.24) is 4.98 Å². The molecule has 0 saturated carbocycles. The van der Waals surface area contributed by atoms with E-state index in [1.165, 1.54) is 0 Å². The lowest BCUT2D eigenvalue weighted by Crippen LogP contribution is -2.23. The molecule has 1 aromatic heterocycles. The van der Waals surface area contributed by atoms with Gasteiger partial charge in [0.05, 0.1) is 19.8 Å². The summed E-state index contributed by atoms with van der Waals surface area (Å²) >= 11 is 0. The van der Waals surface area contributed by atoms with E-state index in [-0.39, 0.29) is 0 Å². The van der Waals surface area contributed by atoms with Crippen LogP contribution in [0.4, 0.5) is 5.82 Å². The van der Waals surface area contributed by atoms with E-state index < -0.39 is 0 Å². The third-order valence-corrected chi connectivity index (χ3v) is 3.19. The molecule has 22 heavy (non-hydrogen) atoms. The van der Waals surface area contributed by atoms with Crippen LogP contribution < -0.4 is 20.5 Å². The van der Waals surface area contributed by atoms with Gasteiger partial charge >= 0.3 is 0 Å². The molecule has 0 spiro atoms. The van der Waals surface area contributed by atoms with Gasteiger partial charge in [0.2, 0.25) is 0 Å². The maximum atomic E-state index is 5.89. The Morgan fingerprint density at radius 3 is 2.95 bits per heavy atom. The van der Waals surface area contributed by atoms with Crippen molar-refractivity contribution in [3.05, 3.63) is 48.2 Å². The van der Waals surface area contributed by atoms with Gasteiger partial charge in [-0.2, -0.15) is 0 Å². The maximum absolute atomic E-state index is 5.89. The molecule has 2 aromatic rings. The molecular weight excluding hydrogens is 280 g/mol. The second-order valence-corrected chi connectivity index (χ2v) is 4.84. The third-order valence-electron chi connectivity index (χ3n) is 3.19. The first-order valence-corrected chi connectivity index (χ1v) is 7.18. The molecule has 6 heteroatoms. The Kier molecular flexibility index (Phi) is 4.38. The summed E-state index contributed by atoms with van der Waals surface area (Å²) in [6.45, 7) is 1.73. The molecule has 6 nitrogen and oxygen atoms in total. The van der Waals surface area contributed by atoms with Crippen molar-refractivity contribution in [2.75, 3.05) is 18.5 Å². The number of aromatic nitrogens is 1. The number of para-hydroxylation sites is 1. The van der Waals surface area contributed by atoms with E-state index in [0.29, 0.717) is 31.5 Å². The molecule has 0 amide bonds. The van der Waals surface area contributed by atoms with Crippen LogP contribution >= 0.6 is 0 Å². The SMILES string of the molecule is NC(=NCc1cccc2c1OCCCO2)Nc1ccccn1. The second kappa shape index (κ2) is 6.80. The summed E-state index contributed by atoms with van der Waals surface area (Å²) in [5.74, 6) is 2.50. The minimum absolute atomic E-state index is 0.311. The summed E-state index contributed by atoms with van der Waals surface area (Å²) in [7, 11) is 0. The first kappa shape index (κ1) is 14.2. The quantitative estimate of drug-likeness (QED) is 0.670. The summed E-state index contributed by atoms with van der Waals surface area (Å²) < 4.78 is 11.4. The highest BCUT2D eigenvalue weighted by atomic mass is 16.5. The van der Waals surface area contributed by atoms with Crippen molar-refractivity contribution in [3.8, 4) is 11.5 Å². The van der Waals surface area contributed by atoms with Crippen LogP contribution in [0.1, 0.15) is 12.0 Å². The molecule has 1 aromatic carbocycles. The molecular formula is C16H18N4O2. The Labute approximate surface area is 129 Å². The number of guanidine groups is 1. The molecule has 0 aliphatic carbocycles. The maximum Gasteiger partial charge on any atom is 0.194 e. The minimum atomic E-state index is 0.311. The summed E-state index contributed by atoms with van der Waals surface area (Å²) in [6, 6.07) is 11.4. The third kappa shape index (κ3) is 3.46. The van der Waals surface area contributed by atoms with E-state index in [0.717, 1.165) is 23.5 Å². The molecule has 0 fully saturated rings. The van der Waals surface area contributed by atoms with Crippen LogP contribution in [-0.2, 0) is 6.54 Å². The van der Waals surface area contributed by atoms with Crippen molar-refractivity contribution in [2.24, 2.45) is 10.7 Å². The van der Waals surface area contributed by atoms with Gasteiger partial charge in [-0.15, -0.1) is 0 Å². The van der Waals surface area contributed by atoms with Gasteiger partial charge in [-0.1, -0.05) is 18.2 Å². The number of hydrogen-bond acceptors (Lipinski definition) is 4. The number of nitrogens with zero attached hydrogens (tertiary/aromatic N) is 2. The monoisotopic (exact) mass is 298 g/mol. The lowest BCUT2D eigenvalue weighted by molar-refractivity contribution is 0.296. The van der Waals surface area contributed by atoms with Crippen LogP contribution in [-0.4, -0.2) is 24.2 Å². The van der Waals surface area contributed by atoms with Crippen molar-refractivity contribution >= 4 is 11.8 Å². The topological polar surface area (TPSA) is 81.8 Å². The number of aliphatic imine (C=N–C) groups is 1. The highest BCUT2D eigenvalue weighted by Gasteiger charge is 2.14. The average molecular weight is 298 g/mol. The second-order valence-electron chi connectivity index (χ2n) is 4.84. The average Bonchev–Trinajstić information content (AvgIpc) is 2.79. The van der Waals surface area contributed by atoms with Crippen molar-refractivity contribution < 1.29 is 9.47 Å². The summed E-state index contributed by atoms with van der Waals surface area (Å²) in [5.41, 5.74) is 6.84. The van der Waals surface area contributed by atoms with Crippen molar-refractivity contribution in [3.63, 3.8) is 0 Å². The van der Waals surface area contributed by atoms with Crippen LogP contribution in [0.2, 0.25) is 0 Å². The fourth-order valence-electron chi connectivity index (χ4n) is 2.16. The number of anilines is 1. The van der Waals surface area contributed by atoms with Gasteiger partial charge in [-0.25, -0.2) is 9.98 Å². The van der Waals surface area contributed by atoms with Gasteiger partial charge in [0, 0.05) is 18.2 Å². The Bertz CT molecular complexity index is 658. The van der Waals surface area contributed by atoms with E-state index in [4.69, 9.17) is 15.2 Å². The Balaban J connectivity index is 1.72. The first-order valence-electron chi connectivity index (χ1n) is 7.18. The van der Waals surface area contributed by atoms with Gasteiger partial charge in [0.25, 0.3) is 0 Å². The number of hydrogen-bond donors (Lipinski definition) is 2. The smallest absolute Gasteiger partial charge is 0.194 e. The standard InChI is InChI=1S/C16H18N4O2/c17-16(20-14-7-1-2-8-18-14)19-11-12-5-3-6-13-15(12)22-10-4-9-21-13/h1-3,5-8H,4,9-11H2,(H3,17,18,19,20). The molecule has 0 saturated heterocycles. The highest BCUT2D eigenvalue weighted by Crippen LogP contribution is 2.33. The van der Waals surface area contributed by atoms with E-state index in [1.807, 2.05) is 36.4 Å². The lowest BCUT2D eigenvalue weighted by atomic mass is 10.2. The van der Waals surface area contributed by atoms with Crippen LogP contribution in [0, 0.1) is 0 Å². The van der Waals surface area contributed by atoms with E-state index in [9.17, 15) is 0 Å². The molecule has 3 rings (SSSR count). The molecule has 0 atom stereocenters. The molecule has 114 valence electrons. The zero-order valence-corrected chi connectivity index (χ0v) is 12.2. The normalized spacial score (nSPS) is 14.3. The van der Waals surface area contributed by atoms with Gasteiger partial charge in [0.1, 0.15) is 5.82 Å². The zero-order valence-electron chi connectivity index (χ0n) is 12.2. The van der Waals surface area contributed by atoms with E-state index >= 15 is 0 Å². The van der Waals surface area contributed by atoms with E-state index in [1.54, 1.807) is 6.20 Å². The van der Waals surface area contributed by atoms with Crippen LogP contribution in [0.25, 0.3) is 0 Å². The predicted octanol–water partition coefficient (Wildman–Crippen LogP) is 2.17. The van der Waals surface area contributed by atoms with Gasteiger partial charge in [-0.3, -0.25) is 0 Å². The number of fused-ring (bicyclic) bond motifs is 1. The fraction of sp³-hybridized carbons (Fsp3) is 0.250. The number of benzene rings is 1. The number of nitrogens with one attached hydrogen (secondary N) is 1. The zero-order chi connectivity index (χ0) is 15.2. The highest BCUT2D eigenvalue weighted by molar-refractivity contribution is 5.91. The number of pyridine rings is 1. The number of rotatable bonds is 3. The summed E-state index contributed by atoms with van der Waals surface area (Å²) in [5, 5.41) is 2.95. The van der Waals surface area contributed by atoms with Gasteiger partial charge in [0.15, 0.2) is 17.5 Å². The van der Waals surface area contributed by atoms with Crippen molar-refractivity contribution in [1.29, 1.82) is 0 Å². The van der Waals surface area contributed by atoms with Crippen LogP contribution in [0.15, 0.2) is 47.6 Å². The minimum Gasteiger partial charge on any atom is -0.490 e. The lowest BCUT2D eigenvalue weighted by Gasteiger charge is -2.11. The molecule has 0 unspecified atom stereocenters. The van der Waals surface area contributed by atoms with Crippen LogP contribution in [0.5, 0.6) is 11.5 Å². The van der Waals surface area contributed by atoms with Gasteiger partial charge < -0.3 is 20.5 Å². The molecule has 0 bridgehead atoms. The molecule has 2 heterocycles. The largest absolute Gasteiger partial charge is 0.490 e. The number of nitrogens with two attached hydrogens (primary N) is 1. The molecule has 1 aliphatic heterocycles.